The summed E-state index contributed by atoms with van der Waals surface area (Å²) in [5, 5.41) is 0. The van der Waals surface area contributed by atoms with E-state index in [-0.39, 0.29) is 0 Å². The largest absolute Gasteiger partial charge is 0.262 e. The summed E-state index contributed by atoms with van der Waals surface area (Å²) >= 11 is 0. The lowest BCUT2D eigenvalue weighted by Crippen LogP contribution is -1.85. The summed E-state index contributed by atoms with van der Waals surface area (Å²) in [5.41, 5.74) is 2.09. The minimum atomic E-state index is 0.551. The maximum Gasteiger partial charge on any atom is 0.0403 e. The molecule has 0 aromatic heterocycles. The highest BCUT2D eigenvalue weighted by molar-refractivity contribution is 7.74. The number of hydrogen-bond acceptors (Lipinski definition) is 2. The van der Waals surface area contributed by atoms with Gasteiger partial charge < -0.3 is 0 Å². The monoisotopic (exact) mass is 168 g/mol. The summed E-state index contributed by atoms with van der Waals surface area (Å²) in [6.45, 7) is 10.9. The number of rotatable bonds is 4. The van der Waals surface area contributed by atoms with Crippen molar-refractivity contribution in [1.29, 1.82) is 0 Å². The smallest absolute Gasteiger partial charge is 0.0403 e. The predicted octanol–water partition coefficient (Wildman–Crippen LogP) is 2.79. The van der Waals surface area contributed by atoms with E-state index < -0.39 is 0 Å². The summed E-state index contributed by atoms with van der Waals surface area (Å²) in [4.78, 5) is 8.05. The van der Waals surface area contributed by atoms with Crippen LogP contribution >= 0.6 is 8.58 Å². The zero-order valence-electron chi connectivity index (χ0n) is 6.96. The zero-order valence-corrected chi connectivity index (χ0v) is 7.96. The van der Waals surface area contributed by atoms with Gasteiger partial charge in [0.2, 0.25) is 0 Å². The minimum absolute atomic E-state index is 0.551. The summed E-state index contributed by atoms with van der Waals surface area (Å²) in [6, 6.07) is 0. The Morgan fingerprint density at radius 3 is 1.73 bits per heavy atom. The van der Waals surface area contributed by atoms with Crippen molar-refractivity contribution in [3.63, 3.8) is 0 Å². The molecule has 0 aliphatic carbocycles. The Balaban J connectivity index is 4.03. The van der Waals surface area contributed by atoms with E-state index in [4.69, 9.17) is 0 Å². The van der Waals surface area contributed by atoms with E-state index in [1.54, 1.807) is 12.4 Å². The van der Waals surface area contributed by atoms with Crippen LogP contribution in [0.4, 0.5) is 0 Å². The molecular formula is C8H13N2P. The van der Waals surface area contributed by atoms with Gasteiger partial charge in [-0.15, -0.1) is 0 Å². The van der Waals surface area contributed by atoms with E-state index in [9.17, 15) is 0 Å². The van der Waals surface area contributed by atoms with Crippen LogP contribution in [-0.4, -0.2) is 10.9 Å². The van der Waals surface area contributed by atoms with Crippen LogP contribution in [0.3, 0.4) is 0 Å². The van der Waals surface area contributed by atoms with E-state index in [1.807, 2.05) is 13.8 Å². The molecule has 0 aliphatic heterocycles. The Morgan fingerprint density at radius 1 is 1.09 bits per heavy atom. The van der Waals surface area contributed by atoms with Crippen LogP contribution in [0.5, 0.6) is 0 Å². The highest BCUT2D eigenvalue weighted by atomic mass is 31.1. The Labute approximate surface area is 69.6 Å². The van der Waals surface area contributed by atoms with Crippen LogP contribution in [-0.2, 0) is 0 Å². The lowest BCUT2D eigenvalue weighted by atomic mass is 10.8. The van der Waals surface area contributed by atoms with Crippen LogP contribution in [0.15, 0.2) is 35.5 Å². The fourth-order valence-electron chi connectivity index (χ4n) is 0.600. The maximum atomic E-state index is 4.02. The molecule has 2 nitrogen and oxygen atoms in total. The minimum Gasteiger partial charge on any atom is -0.262 e. The van der Waals surface area contributed by atoms with Gasteiger partial charge >= 0.3 is 0 Å². The molecule has 0 radical (unpaired) electrons. The molecule has 0 N–H and O–H groups in total. The van der Waals surface area contributed by atoms with Crippen molar-refractivity contribution in [1.82, 2.24) is 0 Å². The second-order valence-corrected chi connectivity index (χ2v) is 3.62. The normalized spacial score (nSPS) is 14.0. The Hall–Kier alpha value is -0.750. The summed E-state index contributed by atoms with van der Waals surface area (Å²) in [5.74, 6) is 0. The van der Waals surface area contributed by atoms with Gasteiger partial charge in [0.05, 0.1) is 0 Å². The van der Waals surface area contributed by atoms with Gasteiger partial charge in [-0.05, 0) is 22.4 Å². The molecule has 3 heteroatoms. The number of nitrogens with zero attached hydrogens (tertiary/aromatic N) is 2. The molecule has 0 rings (SSSR count). The molecule has 0 heterocycles. The average Bonchev–Trinajstić information content (AvgIpc) is 1.87. The van der Waals surface area contributed by atoms with Crippen LogP contribution in [0, 0.1) is 0 Å². The Kier molecular flexibility index (Phi) is 5.58. The molecule has 0 amide bonds. The molecule has 0 bridgehead atoms. The van der Waals surface area contributed by atoms with Crippen molar-refractivity contribution in [3.05, 3.63) is 25.6 Å². The molecule has 11 heavy (non-hydrogen) atoms. The predicted molar refractivity (Wildman–Crippen MR) is 54.9 cm³/mol. The second kappa shape index (κ2) is 5.99. The standard InChI is InChI=1S/C8H13N2P/c1-5-9-7(3)11-8(4)10-6-2/h5-6,11H,1-2H2,3-4H3. The number of hydrogen-bond donors (Lipinski definition) is 0. The third-order valence-electron chi connectivity index (χ3n) is 0.932. The van der Waals surface area contributed by atoms with Gasteiger partial charge in [0.25, 0.3) is 0 Å². The molecule has 0 atom stereocenters. The molecule has 0 aromatic carbocycles. The highest BCUT2D eigenvalue weighted by Gasteiger charge is 1.91. The Bertz CT molecular complexity index is 182. The first-order valence-electron chi connectivity index (χ1n) is 3.28. The van der Waals surface area contributed by atoms with Gasteiger partial charge in [-0.1, -0.05) is 13.2 Å². The third-order valence-corrected chi connectivity index (χ3v) is 1.91. The molecule has 0 saturated carbocycles. The van der Waals surface area contributed by atoms with Crippen molar-refractivity contribution < 1.29 is 0 Å². The van der Waals surface area contributed by atoms with Crippen molar-refractivity contribution >= 4 is 19.5 Å². The zero-order chi connectivity index (χ0) is 8.69. The highest BCUT2D eigenvalue weighted by Crippen LogP contribution is 2.15. The molecule has 0 unspecified atom stereocenters. The third kappa shape index (κ3) is 5.68. The van der Waals surface area contributed by atoms with Crippen LogP contribution in [0.25, 0.3) is 0 Å². The maximum absolute atomic E-state index is 4.02. The van der Waals surface area contributed by atoms with Crippen LogP contribution in [0.2, 0.25) is 0 Å². The molecule has 0 spiro atoms. The number of aliphatic imine (C=N–C) groups is 2. The Morgan fingerprint density at radius 2 is 1.45 bits per heavy atom. The molecule has 0 aliphatic rings. The first-order chi connectivity index (χ1) is 5.20. The molecule has 60 valence electrons. The lowest BCUT2D eigenvalue weighted by molar-refractivity contribution is 1.58. The summed E-state index contributed by atoms with van der Waals surface area (Å²) in [7, 11) is 0.551. The first-order valence-corrected chi connectivity index (χ1v) is 4.28. The topological polar surface area (TPSA) is 24.7 Å². The van der Waals surface area contributed by atoms with Gasteiger partial charge in [0.1, 0.15) is 0 Å². The SMILES string of the molecule is C=CN=C(C)PC(C)=NC=C. The second-order valence-electron chi connectivity index (χ2n) is 1.92. The van der Waals surface area contributed by atoms with Gasteiger partial charge in [-0.25, -0.2) is 0 Å². The van der Waals surface area contributed by atoms with Gasteiger partial charge in [0.15, 0.2) is 0 Å². The first kappa shape index (κ1) is 10.2. The van der Waals surface area contributed by atoms with Gasteiger partial charge in [0, 0.05) is 23.3 Å². The molecule has 0 aromatic rings. The van der Waals surface area contributed by atoms with E-state index in [2.05, 4.69) is 23.1 Å². The van der Waals surface area contributed by atoms with E-state index >= 15 is 0 Å². The van der Waals surface area contributed by atoms with Gasteiger partial charge in [-0.3, -0.25) is 9.98 Å². The fourth-order valence-corrected chi connectivity index (χ4v) is 1.44. The fraction of sp³-hybridized carbons (Fsp3) is 0.250. The van der Waals surface area contributed by atoms with Crippen molar-refractivity contribution in [3.8, 4) is 0 Å². The van der Waals surface area contributed by atoms with Crippen LogP contribution < -0.4 is 0 Å². The van der Waals surface area contributed by atoms with Crippen molar-refractivity contribution in [2.24, 2.45) is 9.98 Å². The average molecular weight is 168 g/mol. The van der Waals surface area contributed by atoms with E-state index in [0.29, 0.717) is 8.58 Å². The molecule has 0 saturated heterocycles. The van der Waals surface area contributed by atoms with E-state index in [1.165, 1.54) is 0 Å². The molecule has 0 fully saturated rings. The quantitative estimate of drug-likeness (QED) is 0.455. The summed E-state index contributed by atoms with van der Waals surface area (Å²) < 4.78 is 0. The lowest BCUT2D eigenvalue weighted by Gasteiger charge is -1.96. The van der Waals surface area contributed by atoms with Crippen molar-refractivity contribution in [2.45, 2.75) is 13.8 Å². The van der Waals surface area contributed by atoms with Gasteiger partial charge in [-0.2, -0.15) is 0 Å². The van der Waals surface area contributed by atoms with Crippen LogP contribution in [0.1, 0.15) is 13.8 Å². The molecular weight excluding hydrogens is 155 g/mol. The van der Waals surface area contributed by atoms with E-state index in [0.717, 1.165) is 10.9 Å². The van der Waals surface area contributed by atoms with Crippen molar-refractivity contribution in [2.75, 3.05) is 0 Å². The summed E-state index contributed by atoms with van der Waals surface area (Å²) in [6.07, 6.45) is 3.09.